The van der Waals surface area contributed by atoms with Crippen LogP contribution in [-0.4, -0.2) is 5.92 Å². The lowest BCUT2D eigenvalue weighted by Crippen LogP contribution is -2.60. The lowest BCUT2D eigenvalue weighted by Gasteiger charge is -2.64. The molecule has 0 nitrogen and oxygen atoms in total. The van der Waals surface area contributed by atoms with Gasteiger partial charge >= 0.3 is 0 Å². The van der Waals surface area contributed by atoms with Crippen LogP contribution < -0.4 is 0 Å². The van der Waals surface area contributed by atoms with Gasteiger partial charge in [0.15, 0.2) is 0 Å². The van der Waals surface area contributed by atoms with Crippen LogP contribution in [0.15, 0.2) is 0 Å². The molecule has 2 heteroatoms. The molecule has 0 saturated heterocycles. The average Bonchev–Trinajstić information content (AvgIpc) is 1.08. The van der Waals surface area contributed by atoms with E-state index in [1.165, 1.54) is 0 Å². The van der Waals surface area contributed by atoms with Gasteiger partial charge in [0, 0.05) is 5.41 Å². The zero-order valence-electron chi connectivity index (χ0n) is 5.45. The molecule has 0 aromatic carbocycles. The summed E-state index contributed by atoms with van der Waals surface area (Å²) in [6, 6.07) is 0. The highest BCUT2D eigenvalue weighted by Crippen LogP contribution is 2.70. The monoisotopic (exact) mass is 132 g/mol. The first-order valence-electron chi connectivity index (χ1n) is 3.41. The van der Waals surface area contributed by atoms with Crippen LogP contribution in [0, 0.1) is 11.3 Å². The van der Waals surface area contributed by atoms with E-state index in [2.05, 4.69) is 0 Å². The molecule has 3 rings (SSSR count). The van der Waals surface area contributed by atoms with Gasteiger partial charge in [-0.1, -0.05) is 0 Å². The Morgan fingerprint density at radius 1 is 1.33 bits per heavy atom. The summed E-state index contributed by atoms with van der Waals surface area (Å²) in [5.74, 6) is -1.74. The smallest absolute Gasteiger partial charge is 0.207 e. The lowest BCUT2D eigenvalue weighted by atomic mass is 9.42. The summed E-state index contributed by atoms with van der Waals surface area (Å²) in [6.07, 6.45) is 2.36. The molecule has 3 saturated carbocycles. The molecule has 9 heavy (non-hydrogen) atoms. The van der Waals surface area contributed by atoms with E-state index >= 15 is 0 Å². The maximum absolute atomic E-state index is 12.6. The first-order chi connectivity index (χ1) is 4.04. The molecule has 0 N–H and O–H groups in total. The number of hydrogen-bond donors (Lipinski definition) is 0. The first kappa shape index (κ1) is 5.63. The maximum Gasteiger partial charge on any atom is 0.250 e. The van der Waals surface area contributed by atoms with E-state index in [1.807, 2.05) is 0 Å². The third kappa shape index (κ3) is 0.474. The molecule has 0 atom stereocenters. The topological polar surface area (TPSA) is 0 Å². The number of hydrogen-bond acceptors (Lipinski definition) is 0. The molecule has 0 amide bonds. The van der Waals surface area contributed by atoms with E-state index in [0.29, 0.717) is 5.92 Å². The van der Waals surface area contributed by atoms with E-state index in [1.54, 1.807) is 0 Å². The van der Waals surface area contributed by atoms with E-state index < -0.39 is 11.3 Å². The average molecular weight is 132 g/mol. The van der Waals surface area contributed by atoms with Gasteiger partial charge in [0.25, 0.3) is 5.92 Å². The van der Waals surface area contributed by atoms with Gasteiger partial charge < -0.3 is 0 Å². The third-order valence-corrected chi connectivity index (χ3v) is 2.97. The Labute approximate surface area is 53.2 Å². The molecule has 52 valence electrons. The van der Waals surface area contributed by atoms with Crippen molar-refractivity contribution in [3.8, 4) is 0 Å². The van der Waals surface area contributed by atoms with Crippen molar-refractivity contribution in [2.24, 2.45) is 11.3 Å². The van der Waals surface area contributed by atoms with E-state index in [0.717, 1.165) is 26.2 Å². The molecular weight excluding hydrogens is 122 g/mol. The summed E-state index contributed by atoms with van der Waals surface area (Å²) < 4.78 is 25.2. The van der Waals surface area contributed by atoms with Gasteiger partial charge in [0.05, 0.1) is 0 Å². The van der Waals surface area contributed by atoms with Crippen molar-refractivity contribution >= 4 is 0 Å². The fraction of sp³-hybridized carbons (Fsp3) is 1.00. The third-order valence-electron chi connectivity index (χ3n) is 2.97. The Balaban J connectivity index is 2.13. The number of halogens is 2. The molecule has 3 fully saturated rings. The van der Waals surface area contributed by atoms with Gasteiger partial charge in [0.1, 0.15) is 0 Å². The van der Waals surface area contributed by atoms with Gasteiger partial charge in [-0.2, -0.15) is 0 Å². The fourth-order valence-corrected chi connectivity index (χ4v) is 2.02. The van der Waals surface area contributed by atoms with E-state index in [9.17, 15) is 8.78 Å². The van der Waals surface area contributed by atoms with Gasteiger partial charge in [0.2, 0.25) is 0 Å². The van der Waals surface area contributed by atoms with Gasteiger partial charge in [-0.05, 0) is 32.1 Å². The molecular formula is C7H10F2. The fourth-order valence-electron chi connectivity index (χ4n) is 2.02. The molecule has 0 radical (unpaired) electrons. The Morgan fingerprint density at radius 3 is 1.78 bits per heavy atom. The first-order valence-corrected chi connectivity index (χ1v) is 3.41. The second-order valence-corrected chi connectivity index (χ2v) is 3.65. The molecule has 3 aliphatic rings. The summed E-state index contributed by atoms with van der Waals surface area (Å²) in [4.78, 5) is 0. The van der Waals surface area contributed by atoms with Crippen molar-refractivity contribution in [3.05, 3.63) is 0 Å². The second kappa shape index (κ2) is 1.16. The molecule has 2 bridgehead atoms. The predicted molar refractivity (Wildman–Crippen MR) is 30.4 cm³/mol. The summed E-state index contributed by atoms with van der Waals surface area (Å²) in [5, 5.41) is 0. The Hall–Kier alpha value is -0.140. The van der Waals surface area contributed by atoms with Crippen LogP contribution in [0.2, 0.25) is 0 Å². The molecule has 0 heterocycles. The largest absolute Gasteiger partial charge is 0.250 e. The molecule has 0 aliphatic heterocycles. The Morgan fingerprint density at radius 2 is 1.78 bits per heavy atom. The normalized spacial score (nSPS) is 47.7. The number of alkyl halides is 2. The maximum atomic E-state index is 12.6. The summed E-state index contributed by atoms with van der Waals surface area (Å²) in [6.45, 7) is 1.06. The van der Waals surface area contributed by atoms with Crippen LogP contribution in [-0.2, 0) is 0 Å². The second-order valence-electron chi connectivity index (χ2n) is 3.65. The zero-order valence-corrected chi connectivity index (χ0v) is 5.45. The standard InChI is InChI=1S/C7H10F2/c1-6(8,9)7-2-5(3-7)4-7/h5H,2-4H2,1H3. The molecule has 0 spiro atoms. The Kier molecular flexibility index (Phi) is 0.725. The summed E-state index contributed by atoms with van der Waals surface area (Å²) in [7, 11) is 0. The molecule has 3 aliphatic carbocycles. The van der Waals surface area contributed by atoms with Crippen molar-refractivity contribution in [3.63, 3.8) is 0 Å². The lowest BCUT2D eigenvalue weighted by molar-refractivity contribution is -0.254. The minimum absolute atomic E-state index is 0.530. The van der Waals surface area contributed by atoms with Crippen LogP contribution in [0.3, 0.4) is 0 Å². The highest BCUT2D eigenvalue weighted by atomic mass is 19.3. The molecule has 0 unspecified atom stereocenters. The van der Waals surface area contributed by atoms with Crippen molar-refractivity contribution < 1.29 is 8.78 Å². The van der Waals surface area contributed by atoms with Gasteiger partial charge in [-0.3, -0.25) is 0 Å². The van der Waals surface area contributed by atoms with E-state index in [4.69, 9.17) is 0 Å². The molecule has 0 aromatic rings. The van der Waals surface area contributed by atoms with Crippen molar-refractivity contribution in [1.29, 1.82) is 0 Å². The zero-order chi connectivity index (χ0) is 6.70. The minimum atomic E-state index is -2.40. The van der Waals surface area contributed by atoms with Crippen LogP contribution in [0.25, 0.3) is 0 Å². The summed E-state index contributed by atoms with van der Waals surface area (Å²) in [5.41, 5.74) is -0.530. The highest BCUT2D eigenvalue weighted by Gasteiger charge is 2.67. The van der Waals surface area contributed by atoms with Crippen molar-refractivity contribution in [1.82, 2.24) is 0 Å². The SMILES string of the molecule is CC(F)(F)C12CC(C1)C2. The Bertz CT molecular complexity index is 128. The minimum Gasteiger partial charge on any atom is -0.207 e. The van der Waals surface area contributed by atoms with Crippen LogP contribution in [0.5, 0.6) is 0 Å². The van der Waals surface area contributed by atoms with Crippen LogP contribution in [0.4, 0.5) is 8.78 Å². The highest BCUT2D eigenvalue weighted by molar-refractivity contribution is 5.12. The van der Waals surface area contributed by atoms with Crippen molar-refractivity contribution in [2.45, 2.75) is 32.1 Å². The van der Waals surface area contributed by atoms with Gasteiger partial charge in [-0.15, -0.1) is 0 Å². The van der Waals surface area contributed by atoms with Crippen molar-refractivity contribution in [2.75, 3.05) is 0 Å². The van der Waals surface area contributed by atoms with E-state index in [-0.39, 0.29) is 0 Å². The van der Waals surface area contributed by atoms with Gasteiger partial charge in [-0.25, -0.2) is 8.78 Å². The molecule has 0 aromatic heterocycles. The predicted octanol–water partition coefficient (Wildman–Crippen LogP) is 2.44. The summed E-state index contributed by atoms with van der Waals surface area (Å²) >= 11 is 0. The van der Waals surface area contributed by atoms with Crippen LogP contribution >= 0.6 is 0 Å². The number of rotatable bonds is 1. The van der Waals surface area contributed by atoms with Crippen LogP contribution in [0.1, 0.15) is 26.2 Å². The quantitative estimate of drug-likeness (QED) is 0.514.